The first-order valence-corrected chi connectivity index (χ1v) is 7.37. The predicted octanol–water partition coefficient (Wildman–Crippen LogP) is 0.806. The summed E-state index contributed by atoms with van der Waals surface area (Å²) in [7, 11) is 0. The molecule has 0 unspecified atom stereocenters. The first-order valence-electron chi connectivity index (χ1n) is 5.44. The van der Waals surface area contributed by atoms with E-state index in [4.69, 9.17) is 5.26 Å². The second-order valence-corrected chi connectivity index (χ2v) is 6.69. The summed E-state index contributed by atoms with van der Waals surface area (Å²) < 4.78 is -0.212. The maximum atomic E-state index is 9.87. The van der Waals surface area contributed by atoms with Crippen LogP contribution in [-0.2, 0) is 0 Å². The molecule has 0 bridgehead atoms. The number of hydrogen-bond acceptors (Lipinski definition) is 6. The summed E-state index contributed by atoms with van der Waals surface area (Å²) in [5, 5.41) is 37.6. The highest BCUT2D eigenvalue weighted by Gasteiger charge is 2.37. The second-order valence-electron chi connectivity index (χ2n) is 4.00. The Hall–Kier alpha value is -0.710. The smallest absolute Gasteiger partial charge is 0.108 e. The first-order chi connectivity index (χ1) is 8.61. The van der Waals surface area contributed by atoms with E-state index in [0.717, 1.165) is 4.90 Å². The van der Waals surface area contributed by atoms with Gasteiger partial charge in [0.15, 0.2) is 0 Å². The van der Waals surface area contributed by atoms with Crippen molar-refractivity contribution in [1.29, 1.82) is 5.26 Å². The molecule has 1 aliphatic rings. The molecule has 1 fully saturated rings. The number of aliphatic hydroxyl groups excluding tert-OH is 3. The van der Waals surface area contributed by atoms with Crippen LogP contribution in [0.3, 0.4) is 0 Å². The molecule has 0 saturated carbocycles. The number of nitriles is 1. The molecule has 18 heavy (non-hydrogen) atoms. The number of rotatable bonds is 2. The molecule has 1 saturated heterocycles. The van der Waals surface area contributed by atoms with Crippen molar-refractivity contribution in [2.45, 2.75) is 27.8 Å². The lowest BCUT2D eigenvalue weighted by molar-refractivity contribution is -0.0474. The molecule has 4 atom stereocenters. The van der Waals surface area contributed by atoms with Crippen molar-refractivity contribution in [3.05, 3.63) is 29.8 Å². The van der Waals surface area contributed by atoms with Crippen molar-refractivity contribution in [3.63, 3.8) is 0 Å². The molecule has 1 aromatic carbocycles. The monoisotopic (exact) mass is 283 g/mol. The second kappa shape index (κ2) is 5.95. The van der Waals surface area contributed by atoms with E-state index in [1.165, 1.54) is 23.5 Å². The predicted molar refractivity (Wildman–Crippen MR) is 71.3 cm³/mol. The normalized spacial score (nSPS) is 31.9. The highest BCUT2D eigenvalue weighted by Crippen LogP contribution is 2.38. The Balaban J connectivity index is 2.02. The van der Waals surface area contributed by atoms with Crippen molar-refractivity contribution in [1.82, 2.24) is 0 Å². The zero-order valence-electron chi connectivity index (χ0n) is 9.43. The van der Waals surface area contributed by atoms with Crippen molar-refractivity contribution in [3.8, 4) is 6.07 Å². The maximum absolute atomic E-state index is 9.87. The fourth-order valence-electron chi connectivity index (χ4n) is 1.63. The first kappa shape index (κ1) is 13.7. The third-order valence-corrected chi connectivity index (χ3v) is 5.58. The van der Waals surface area contributed by atoms with E-state index in [9.17, 15) is 15.3 Å². The number of hydrogen-bond donors (Lipinski definition) is 3. The highest BCUT2D eigenvalue weighted by molar-refractivity contribution is 8.17. The Morgan fingerprint density at radius 3 is 2.44 bits per heavy atom. The van der Waals surface area contributed by atoms with Gasteiger partial charge in [-0.25, -0.2) is 0 Å². The van der Waals surface area contributed by atoms with Crippen LogP contribution in [0.2, 0.25) is 0 Å². The lowest BCUT2D eigenvalue weighted by atomic mass is 10.1. The lowest BCUT2D eigenvalue weighted by Gasteiger charge is -2.34. The van der Waals surface area contributed by atoms with Crippen LogP contribution in [0.25, 0.3) is 0 Å². The minimum atomic E-state index is -1.10. The van der Waals surface area contributed by atoms with Gasteiger partial charge in [-0.1, -0.05) is 0 Å². The molecule has 0 aliphatic carbocycles. The molecule has 1 aromatic rings. The minimum absolute atomic E-state index is 0.212. The maximum Gasteiger partial charge on any atom is 0.108 e. The van der Waals surface area contributed by atoms with Gasteiger partial charge in [-0.05, 0) is 24.3 Å². The van der Waals surface area contributed by atoms with Crippen LogP contribution in [-0.4, -0.2) is 44.0 Å². The van der Waals surface area contributed by atoms with Gasteiger partial charge in [0.2, 0.25) is 0 Å². The number of aliphatic hydroxyl groups is 3. The molecule has 1 aliphatic heterocycles. The van der Waals surface area contributed by atoms with E-state index in [0.29, 0.717) is 11.3 Å². The Kier molecular flexibility index (Phi) is 4.54. The summed E-state index contributed by atoms with van der Waals surface area (Å²) in [6, 6.07) is 9.10. The van der Waals surface area contributed by atoms with E-state index >= 15 is 0 Å². The van der Waals surface area contributed by atoms with Gasteiger partial charge in [-0.3, -0.25) is 0 Å². The Bertz CT molecular complexity index is 446. The summed E-state index contributed by atoms with van der Waals surface area (Å²) in [6.07, 6.45) is -2.93. The fourth-order valence-corrected chi connectivity index (χ4v) is 4.27. The lowest BCUT2D eigenvalue weighted by Crippen LogP contribution is -2.47. The van der Waals surface area contributed by atoms with E-state index < -0.39 is 18.3 Å². The van der Waals surface area contributed by atoms with Gasteiger partial charge in [0.05, 0.1) is 22.3 Å². The van der Waals surface area contributed by atoms with Crippen LogP contribution in [0.4, 0.5) is 0 Å². The van der Waals surface area contributed by atoms with Crippen LogP contribution in [0.5, 0.6) is 0 Å². The summed E-state index contributed by atoms with van der Waals surface area (Å²) >= 11 is 2.86. The SMILES string of the molecule is N#Cc1ccc(S[C@@H]2SC[C@@H](O)[C@@H](O)[C@H]2O)cc1. The molecular formula is C12H13NO3S2. The average molecular weight is 283 g/mol. The topological polar surface area (TPSA) is 84.5 Å². The van der Waals surface area contributed by atoms with E-state index in [1.807, 2.05) is 18.2 Å². The molecule has 0 aromatic heterocycles. The van der Waals surface area contributed by atoms with E-state index in [2.05, 4.69) is 0 Å². The quantitative estimate of drug-likeness (QED) is 0.745. The molecule has 3 N–H and O–H groups in total. The molecular weight excluding hydrogens is 270 g/mol. The fraction of sp³-hybridized carbons (Fsp3) is 0.417. The summed E-state index contributed by atoms with van der Waals surface area (Å²) in [6.45, 7) is 0. The number of benzene rings is 1. The van der Waals surface area contributed by atoms with Crippen molar-refractivity contribution in [2.75, 3.05) is 5.75 Å². The van der Waals surface area contributed by atoms with Gasteiger partial charge >= 0.3 is 0 Å². The van der Waals surface area contributed by atoms with E-state index in [-0.39, 0.29) is 4.58 Å². The molecule has 2 rings (SSSR count). The van der Waals surface area contributed by atoms with Gasteiger partial charge in [0, 0.05) is 10.6 Å². The zero-order chi connectivity index (χ0) is 13.1. The molecule has 0 spiro atoms. The third-order valence-electron chi connectivity index (χ3n) is 2.69. The average Bonchev–Trinajstić information content (AvgIpc) is 2.40. The minimum Gasteiger partial charge on any atom is -0.389 e. The van der Waals surface area contributed by atoms with Gasteiger partial charge in [-0.2, -0.15) is 5.26 Å². The Labute approximate surface area is 114 Å². The van der Waals surface area contributed by atoms with Crippen LogP contribution >= 0.6 is 23.5 Å². The standard InChI is InChI=1S/C12H13NO3S2/c13-5-7-1-3-8(4-2-7)18-12-11(16)10(15)9(14)6-17-12/h1-4,9-12,14-16H,6H2/t9-,10-,11-,12+/m1/s1. The molecule has 0 amide bonds. The number of thioether (sulfide) groups is 2. The molecule has 4 nitrogen and oxygen atoms in total. The van der Waals surface area contributed by atoms with Crippen LogP contribution < -0.4 is 0 Å². The summed E-state index contributed by atoms with van der Waals surface area (Å²) in [5.41, 5.74) is 0.589. The van der Waals surface area contributed by atoms with Crippen LogP contribution in [0.1, 0.15) is 5.56 Å². The number of nitrogens with zero attached hydrogens (tertiary/aromatic N) is 1. The molecule has 96 valence electrons. The molecule has 1 heterocycles. The zero-order valence-corrected chi connectivity index (χ0v) is 11.1. The van der Waals surface area contributed by atoms with Gasteiger partial charge in [0.25, 0.3) is 0 Å². The van der Waals surface area contributed by atoms with Crippen LogP contribution in [0, 0.1) is 11.3 Å². The van der Waals surface area contributed by atoms with Crippen molar-refractivity contribution in [2.24, 2.45) is 0 Å². The van der Waals surface area contributed by atoms with E-state index in [1.54, 1.807) is 12.1 Å². The third kappa shape index (κ3) is 2.99. The molecule has 0 radical (unpaired) electrons. The largest absolute Gasteiger partial charge is 0.389 e. The van der Waals surface area contributed by atoms with Gasteiger partial charge in [0.1, 0.15) is 12.2 Å². The molecule has 6 heteroatoms. The summed E-state index contributed by atoms with van der Waals surface area (Å²) in [5.74, 6) is 0.409. The van der Waals surface area contributed by atoms with Gasteiger partial charge < -0.3 is 15.3 Å². The van der Waals surface area contributed by atoms with Gasteiger partial charge in [-0.15, -0.1) is 23.5 Å². The van der Waals surface area contributed by atoms with Crippen molar-refractivity contribution >= 4 is 23.5 Å². The highest BCUT2D eigenvalue weighted by atomic mass is 32.2. The summed E-state index contributed by atoms with van der Waals surface area (Å²) in [4.78, 5) is 0.925. The van der Waals surface area contributed by atoms with Crippen LogP contribution in [0.15, 0.2) is 29.2 Å². The Morgan fingerprint density at radius 1 is 1.17 bits per heavy atom. The Morgan fingerprint density at radius 2 is 1.83 bits per heavy atom. The van der Waals surface area contributed by atoms with Crippen molar-refractivity contribution < 1.29 is 15.3 Å².